The molecule has 6 nitrogen and oxygen atoms in total. The summed E-state index contributed by atoms with van der Waals surface area (Å²) < 4.78 is 65.2. The van der Waals surface area contributed by atoms with Gasteiger partial charge < -0.3 is 9.88 Å². The molecule has 0 saturated carbocycles. The molecule has 0 spiro atoms. The van der Waals surface area contributed by atoms with Gasteiger partial charge in [0, 0.05) is 42.7 Å². The Labute approximate surface area is 160 Å². The summed E-state index contributed by atoms with van der Waals surface area (Å²) >= 11 is 0. The highest BCUT2D eigenvalue weighted by molar-refractivity contribution is 7.90. The predicted octanol–water partition coefficient (Wildman–Crippen LogP) is 3.66. The molecule has 0 fully saturated rings. The first-order valence-corrected chi connectivity index (χ1v) is 9.96. The highest BCUT2D eigenvalue weighted by Crippen LogP contribution is 2.29. The van der Waals surface area contributed by atoms with Crippen LogP contribution < -0.4 is 10.0 Å². The monoisotopic (exact) mass is 412 g/mol. The second-order valence-electron chi connectivity index (χ2n) is 6.88. The Morgan fingerprint density at radius 1 is 1.29 bits per heavy atom. The third kappa shape index (κ3) is 3.57. The normalized spacial score (nSPS) is 21.5. The van der Waals surface area contributed by atoms with Crippen molar-refractivity contribution < 1.29 is 22.2 Å². The minimum absolute atomic E-state index is 0.0579. The summed E-state index contributed by atoms with van der Waals surface area (Å²) in [5.41, 5.74) is 0.0695. The number of amides is 1. The van der Waals surface area contributed by atoms with Gasteiger partial charge in [-0.25, -0.2) is 26.9 Å². The minimum atomic E-state index is -3.38. The molecule has 2 heterocycles. The Morgan fingerprint density at radius 2 is 1.89 bits per heavy atom. The summed E-state index contributed by atoms with van der Waals surface area (Å²) in [6.07, 6.45) is 4.74. The number of nitrogens with zero attached hydrogens (tertiary/aromatic N) is 1. The maximum absolute atomic E-state index is 13.4. The Hall–Kier alpha value is -2.59. The molecule has 0 radical (unpaired) electrons. The lowest BCUT2D eigenvalue weighted by molar-refractivity contribution is 0.101. The smallest absolute Gasteiger partial charge is 0.272 e. The number of aromatic nitrogens is 1. The molecule has 3 rings (SSSR count). The van der Waals surface area contributed by atoms with E-state index >= 15 is 0 Å². The number of aryl methyl sites for hydroxylation is 1. The van der Waals surface area contributed by atoms with Crippen LogP contribution in [0.2, 0.25) is 0 Å². The first kappa shape index (κ1) is 20.2. The maximum Gasteiger partial charge on any atom is 0.272 e. The van der Waals surface area contributed by atoms with Crippen molar-refractivity contribution in [2.45, 2.75) is 24.8 Å². The molecule has 10 heteroatoms. The molecule has 1 aliphatic heterocycles. The summed E-state index contributed by atoms with van der Waals surface area (Å²) in [5, 5.41) is 2.31. The van der Waals surface area contributed by atoms with E-state index in [1.54, 1.807) is 12.2 Å². The van der Waals surface area contributed by atoms with Crippen LogP contribution >= 0.6 is 0 Å². The van der Waals surface area contributed by atoms with E-state index in [0.717, 1.165) is 0 Å². The van der Waals surface area contributed by atoms with Gasteiger partial charge >= 0.3 is 0 Å². The van der Waals surface area contributed by atoms with Crippen molar-refractivity contribution >= 4 is 27.6 Å². The van der Waals surface area contributed by atoms with E-state index in [9.17, 15) is 22.2 Å². The Balaban J connectivity index is 2.04. The zero-order valence-corrected chi connectivity index (χ0v) is 16.2. The third-order valence-electron chi connectivity index (χ3n) is 4.44. The molecule has 1 aliphatic rings. The summed E-state index contributed by atoms with van der Waals surface area (Å²) in [5.74, 6) is -5.17. The van der Waals surface area contributed by atoms with Crippen molar-refractivity contribution in [1.82, 2.24) is 9.29 Å². The molecule has 1 unspecified atom stereocenters. The molecule has 0 aliphatic carbocycles. The number of carbonyl (C=O) groups is 1. The average molecular weight is 412 g/mol. The Morgan fingerprint density at radius 3 is 2.46 bits per heavy atom. The SMILES string of the molecule is CC(C)[C@H]1C=Cc2c(cn(C)c2C(=O)Nc2cc(F)c(F)c(F)c2)S(=N)(=O)N1. The van der Waals surface area contributed by atoms with E-state index in [1.807, 2.05) is 13.8 Å². The van der Waals surface area contributed by atoms with Gasteiger partial charge in [-0.05, 0) is 5.92 Å². The van der Waals surface area contributed by atoms with Gasteiger partial charge in [0.15, 0.2) is 17.5 Å². The molecule has 1 amide bonds. The number of fused-ring (bicyclic) bond motifs is 1. The van der Waals surface area contributed by atoms with E-state index in [2.05, 4.69) is 10.0 Å². The fourth-order valence-corrected chi connectivity index (χ4v) is 4.60. The predicted molar refractivity (Wildman–Crippen MR) is 99.6 cm³/mol. The molecule has 3 N–H and O–H groups in total. The lowest BCUT2D eigenvalue weighted by atomic mass is 10.0. The van der Waals surface area contributed by atoms with Crippen LogP contribution in [0.5, 0.6) is 0 Å². The van der Waals surface area contributed by atoms with Crippen LogP contribution in [-0.4, -0.2) is 20.7 Å². The highest BCUT2D eigenvalue weighted by Gasteiger charge is 2.29. The van der Waals surface area contributed by atoms with Crippen molar-refractivity contribution in [3.8, 4) is 0 Å². The minimum Gasteiger partial charge on any atom is -0.345 e. The molecule has 0 bridgehead atoms. The zero-order valence-electron chi connectivity index (χ0n) is 15.3. The van der Waals surface area contributed by atoms with Crippen molar-refractivity contribution in [3.63, 3.8) is 0 Å². The van der Waals surface area contributed by atoms with Crippen molar-refractivity contribution in [2.24, 2.45) is 13.0 Å². The lowest BCUT2D eigenvalue weighted by Gasteiger charge is -2.18. The molecule has 28 heavy (non-hydrogen) atoms. The van der Waals surface area contributed by atoms with Crippen LogP contribution in [0.3, 0.4) is 0 Å². The van der Waals surface area contributed by atoms with E-state index in [1.165, 1.54) is 17.8 Å². The van der Waals surface area contributed by atoms with Gasteiger partial charge in [-0.1, -0.05) is 26.0 Å². The van der Waals surface area contributed by atoms with Crippen LogP contribution in [0.25, 0.3) is 6.08 Å². The van der Waals surface area contributed by atoms with E-state index in [4.69, 9.17) is 4.78 Å². The first-order valence-electron chi connectivity index (χ1n) is 8.40. The summed E-state index contributed by atoms with van der Waals surface area (Å²) in [6.45, 7) is 3.80. The van der Waals surface area contributed by atoms with Crippen molar-refractivity contribution in [1.29, 1.82) is 4.78 Å². The lowest BCUT2D eigenvalue weighted by Crippen LogP contribution is -2.35. The summed E-state index contributed by atoms with van der Waals surface area (Å²) in [7, 11) is -1.86. The molecule has 150 valence electrons. The molecule has 1 aromatic carbocycles. The van der Waals surface area contributed by atoms with Gasteiger partial charge in [-0.15, -0.1) is 0 Å². The number of rotatable bonds is 3. The van der Waals surface area contributed by atoms with Gasteiger partial charge in [0.2, 0.25) is 0 Å². The fraction of sp³-hybridized carbons (Fsp3) is 0.278. The number of anilines is 1. The van der Waals surface area contributed by atoms with Crippen molar-refractivity contribution in [2.75, 3.05) is 5.32 Å². The van der Waals surface area contributed by atoms with Crippen LogP contribution in [0.1, 0.15) is 29.9 Å². The fourth-order valence-electron chi connectivity index (χ4n) is 2.96. The third-order valence-corrected chi connectivity index (χ3v) is 5.99. The maximum atomic E-state index is 13.4. The molecule has 1 aromatic heterocycles. The average Bonchev–Trinajstić information content (AvgIpc) is 2.87. The van der Waals surface area contributed by atoms with Crippen LogP contribution in [0.15, 0.2) is 29.3 Å². The summed E-state index contributed by atoms with van der Waals surface area (Å²) in [6, 6.07) is 0.995. The summed E-state index contributed by atoms with van der Waals surface area (Å²) in [4.78, 5) is 12.9. The number of benzene rings is 1. The second kappa shape index (κ2) is 7.10. The van der Waals surface area contributed by atoms with Crippen molar-refractivity contribution in [3.05, 3.63) is 53.1 Å². The van der Waals surface area contributed by atoms with E-state index in [0.29, 0.717) is 12.1 Å². The number of hydrogen-bond acceptors (Lipinski definition) is 3. The number of halogens is 3. The number of nitrogens with one attached hydrogen (secondary N) is 3. The van der Waals surface area contributed by atoms with Gasteiger partial charge in [0.25, 0.3) is 5.91 Å². The van der Waals surface area contributed by atoms with Crippen LogP contribution in [0, 0.1) is 28.1 Å². The van der Waals surface area contributed by atoms with Gasteiger partial charge in [0.1, 0.15) is 15.6 Å². The molecular weight excluding hydrogens is 393 g/mol. The number of carbonyl (C=O) groups excluding carboxylic acids is 1. The van der Waals surface area contributed by atoms with E-state index < -0.39 is 33.3 Å². The molecule has 2 atom stereocenters. The van der Waals surface area contributed by atoms with Gasteiger partial charge in [0.05, 0.1) is 4.90 Å². The van der Waals surface area contributed by atoms with E-state index in [-0.39, 0.29) is 33.8 Å². The molecule has 2 aromatic rings. The van der Waals surface area contributed by atoms with Crippen LogP contribution in [-0.2, 0) is 17.0 Å². The topological polar surface area (TPSA) is 87.0 Å². The first-order chi connectivity index (χ1) is 13.0. The molecular formula is C18H19F3N4O2S. The quantitative estimate of drug-likeness (QED) is 0.672. The molecule has 0 saturated heterocycles. The Bertz CT molecular complexity index is 1070. The highest BCUT2D eigenvalue weighted by atomic mass is 32.2. The Kier molecular flexibility index (Phi) is 5.11. The van der Waals surface area contributed by atoms with Gasteiger partial charge in [-0.3, -0.25) is 4.79 Å². The number of hydrogen-bond donors (Lipinski definition) is 3. The van der Waals surface area contributed by atoms with Crippen LogP contribution in [0.4, 0.5) is 18.9 Å². The van der Waals surface area contributed by atoms with Gasteiger partial charge in [-0.2, -0.15) is 0 Å². The standard InChI is InChI=1S/C18H19F3N4O2S/c1-9(2)14-5-4-11-15(28(22,27)24-14)8-25(3)17(11)18(26)23-10-6-12(19)16(21)13(20)7-10/h4-9,14H,1-3H3,(H,23,26)(H2,22,24,27)/t14-,28?/m1/s1. The largest absolute Gasteiger partial charge is 0.345 e. The zero-order chi connectivity index (χ0) is 20.8. The second-order valence-corrected chi connectivity index (χ2v) is 8.67.